The largest absolute Gasteiger partial charge is 0.305 e. The number of hydrogen-bond acceptors (Lipinski definition) is 2. The monoisotopic (exact) mass is 226 g/mol. The first-order valence-corrected chi connectivity index (χ1v) is 6.57. The van der Waals surface area contributed by atoms with Gasteiger partial charge in [0.15, 0.2) is 0 Å². The summed E-state index contributed by atoms with van der Waals surface area (Å²) in [6.45, 7) is 17.8. The second kappa shape index (κ2) is 4.66. The zero-order valence-electron chi connectivity index (χ0n) is 12.3. The van der Waals surface area contributed by atoms with Crippen LogP contribution in [0.2, 0.25) is 0 Å². The Morgan fingerprint density at radius 3 is 1.94 bits per heavy atom. The SMILES string of the molecule is CN1CCCN(C(C)(C)C)[C@H](C(C)(C)C)C1. The van der Waals surface area contributed by atoms with Crippen molar-refractivity contribution < 1.29 is 0 Å². The highest BCUT2D eigenvalue weighted by Crippen LogP contribution is 2.31. The molecule has 0 radical (unpaired) electrons. The average molecular weight is 226 g/mol. The number of likely N-dealkylation sites (N-methyl/N-ethyl adjacent to an activating group) is 1. The van der Waals surface area contributed by atoms with Crippen LogP contribution in [0.25, 0.3) is 0 Å². The van der Waals surface area contributed by atoms with Crippen molar-refractivity contribution in [1.82, 2.24) is 9.80 Å². The van der Waals surface area contributed by atoms with Gasteiger partial charge in [-0.15, -0.1) is 0 Å². The van der Waals surface area contributed by atoms with Gasteiger partial charge in [-0.05, 0) is 46.2 Å². The van der Waals surface area contributed by atoms with E-state index < -0.39 is 0 Å². The molecule has 1 aliphatic heterocycles. The number of rotatable bonds is 0. The minimum atomic E-state index is 0.281. The van der Waals surface area contributed by atoms with E-state index in [0.29, 0.717) is 11.5 Å². The van der Waals surface area contributed by atoms with Gasteiger partial charge >= 0.3 is 0 Å². The first kappa shape index (κ1) is 14.0. The highest BCUT2D eigenvalue weighted by molar-refractivity contribution is 4.93. The minimum absolute atomic E-state index is 0.281. The van der Waals surface area contributed by atoms with Gasteiger partial charge < -0.3 is 4.90 Å². The van der Waals surface area contributed by atoms with Gasteiger partial charge in [-0.2, -0.15) is 0 Å². The summed E-state index contributed by atoms with van der Waals surface area (Å²) in [7, 11) is 2.25. The Hall–Kier alpha value is -0.0800. The van der Waals surface area contributed by atoms with Gasteiger partial charge in [-0.25, -0.2) is 0 Å². The molecule has 2 nitrogen and oxygen atoms in total. The molecule has 16 heavy (non-hydrogen) atoms. The predicted molar refractivity (Wildman–Crippen MR) is 71.8 cm³/mol. The molecule has 0 aromatic rings. The third-order valence-corrected chi connectivity index (χ3v) is 3.66. The quantitative estimate of drug-likeness (QED) is 0.627. The Bertz CT molecular complexity index is 222. The van der Waals surface area contributed by atoms with Gasteiger partial charge in [-0.1, -0.05) is 20.8 Å². The van der Waals surface area contributed by atoms with Crippen molar-refractivity contribution in [2.75, 3.05) is 26.7 Å². The zero-order valence-corrected chi connectivity index (χ0v) is 12.3. The molecule has 0 N–H and O–H groups in total. The van der Waals surface area contributed by atoms with E-state index in [4.69, 9.17) is 0 Å². The molecule has 0 aromatic heterocycles. The number of hydrogen-bond donors (Lipinski definition) is 0. The van der Waals surface area contributed by atoms with Crippen LogP contribution in [-0.2, 0) is 0 Å². The summed E-state index contributed by atoms with van der Waals surface area (Å²) in [6, 6.07) is 0.653. The smallest absolute Gasteiger partial charge is 0.0276 e. The lowest BCUT2D eigenvalue weighted by Crippen LogP contribution is -2.55. The lowest BCUT2D eigenvalue weighted by molar-refractivity contribution is 0.0221. The molecule has 1 atom stereocenters. The molecular weight excluding hydrogens is 196 g/mol. The molecule has 0 amide bonds. The second-order valence-electron chi connectivity index (χ2n) is 7.36. The first-order valence-electron chi connectivity index (χ1n) is 6.57. The van der Waals surface area contributed by atoms with Crippen LogP contribution in [0.15, 0.2) is 0 Å². The summed E-state index contributed by atoms with van der Waals surface area (Å²) < 4.78 is 0. The van der Waals surface area contributed by atoms with Crippen molar-refractivity contribution in [3.63, 3.8) is 0 Å². The molecule has 0 spiro atoms. The van der Waals surface area contributed by atoms with Crippen molar-refractivity contribution in [2.45, 2.75) is 59.5 Å². The van der Waals surface area contributed by atoms with Crippen molar-refractivity contribution in [3.8, 4) is 0 Å². The maximum Gasteiger partial charge on any atom is 0.0276 e. The van der Waals surface area contributed by atoms with Gasteiger partial charge in [0.25, 0.3) is 0 Å². The fraction of sp³-hybridized carbons (Fsp3) is 1.00. The summed E-state index contributed by atoms with van der Waals surface area (Å²) in [6.07, 6.45) is 1.29. The molecule has 1 saturated heterocycles. The summed E-state index contributed by atoms with van der Waals surface area (Å²) in [5.41, 5.74) is 0.634. The van der Waals surface area contributed by atoms with E-state index in [-0.39, 0.29) is 5.54 Å². The van der Waals surface area contributed by atoms with Gasteiger partial charge in [0.2, 0.25) is 0 Å². The van der Waals surface area contributed by atoms with Gasteiger partial charge in [0, 0.05) is 24.7 Å². The van der Waals surface area contributed by atoms with E-state index in [2.05, 4.69) is 58.4 Å². The molecule has 0 aliphatic carbocycles. The van der Waals surface area contributed by atoms with E-state index in [1.807, 2.05) is 0 Å². The predicted octanol–water partition coefficient (Wildman–Crippen LogP) is 2.84. The Balaban J connectivity index is 2.93. The molecule has 1 fully saturated rings. The van der Waals surface area contributed by atoms with Crippen LogP contribution >= 0.6 is 0 Å². The maximum absolute atomic E-state index is 2.70. The van der Waals surface area contributed by atoms with Gasteiger partial charge in [0.1, 0.15) is 0 Å². The van der Waals surface area contributed by atoms with Crippen LogP contribution in [0.4, 0.5) is 0 Å². The molecule has 96 valence electrons. The molecule has 2 heteroatoms. The summed E-state index contributed by atoms with van der Waals surface area (Å²) in [5, 5.41) is 0. The van der Waals surface area contributed by atoms with E-state index in [0.717, 1.165) is 0 Å². The average Bonchev–Trinajstić information content (AvgIpc) is 2.23. The molecule has 0 unspecified atom stereocenters. The van der Waals surface area contributed by atoms with Gasteiger partial charge in [0.05, 0.1) is 0 Å². The van der Waals surface area contributed by atoms with E-state index >= 15 is 0 Å². The Morgan fingerprint density at radius 1 is 0.938 bits per heavy atom. The number of nitrogens with zero attached hydrogens (tertiary/aromatic N) is 2. The summed E-state index contributed by atoms with van der Waals surface area (Å²) >= 11 is 0. The zero-order chi connectivity index (χ0) is 12.6. The van der Waals surface area contributed by atoms with Crippen molar-refractivity contribution in [2.24, 2.45) is 5.41 Å². The molecule has 0 aromatic carbocycles. The second-order valence-corrected chi connectivity index (χ2v) is 7.36. The van der Waals surface area contributed by atoms with Crippen LogP contribution in [0.1, 0.15) is 48.0 Å². The van der Waals surface area contributed by atoms with Gasteiger partial charge in [-0.3, -0.25) is 4.90 Å². The van der Waals surface area contributed by atoms with Crippen LogP contribution in [-0.4, -0.2) is 48.1 Å². The molecular formula is C14H30N2. The summed E-state index contributed by atoms with van der Waals surface area (Å²) in [4.78, 5) is 5.19. The van der Waals surface area contributed by atoms with Crippen molar-refractivity contribution in [3.05, 3.63) is 0 Å². The third-order valence-electron chi connectivity index (χ3n) is 3.66. The lowest BCUT2D eigenvalue weighted by atomic mass is 9.83. The standard InChI is InChI=1S/C14H30N2/c1-13(2,3)12-11-15(7)9-8-10-16(12)14(4,5)6/h12H,8-11H2,1-7H3/t12-/m0/s1. The van der Waals surface area contributed by atoms with Crippen LogP contribution in [0.3, 0.4) is 0 Å². The maximum atomic E-state index is 2.70. The van der Waals surface area contributed by atoms with Crippen LogP contribution in [0, 0.1) is 5.41 Å². The van der Waals surface area contributed by atoms with E-state index in [1.165, 1.54) is 26.1 Å². The third kappa shape index (κ3) is 3.46. The highest BCUT2D eigenvalue weighted by Gasteiger charge is 2.37. The first-order chi connectivity index (χ1) is 7.12. The Kier molecular flexibility index (Phi) is 4.07. The Labute approximate surface area is 102 Å². The topological polar surface area (TPSA) is 6.48 Å². The normalized spacial score (nSPS) is 26.8. The van der Waals surface area contributed by atoms with Crippen LogP contribution < -0.4 is 0 Å². The summed E-state index contributed by atoms with van der Waals surface area (Å²) in [5.74, 6) is 0. The van der Waals surface area contributed by atoms with Crippen LogP contribution in [0.5, 0.6) is 0 Å². The van der Waals surface area contributed by atoms with Crippen molar-refractivity contribution >= 4 is 0 Å². The molecule has 1 aliphatic rings. The Morgan fingerprint density at radius 2 is 1.50 bits per heavy atom. The molecule has 1 rings (SSSR count). The fourth-order valence-electron chi connectivity index (χ4n) is 2.70. The molecule has 0 saturated carbocycles. The highest BCUT2D eigenvalue weighted by atomic mass is 15.3. The lowest BCUT2D eigenvalue weighted by Gasteiger charge is -2.47. The molecule has 0 bridgehead atoms. The fourth-order valence-corrected chi connectivity index (χ4v) is 2.70. The van der Waals surface area contributed by atoms with Crippen molar-refractivity contribution in [1.29, 1.82) is 0 Å². The van der Waals surface area contributed by atoms with E-state index in [9.17, 15) is 0 Å². The van der Waals surface area contributed by atoms with E-state index in [1.54, 1.807) is 0 Å². The minimum Gasteiger partial charge on any atom is -0.305 e. The molecule has 1 heterocycles.